The summed E-state index contributed by atoms with van der Waals surface area (Å²) in [6, 6.07) is 13.9. The minimum absolute atomic E-state index is 0.311. The van der Waals surface area contributed by atoms with Gasteiger partial charge in [0, 0.05) is 17.0 Å². The van der Waals surface area contributed by atoms with Crippen LogP contribution >= 0.6 is 22.9 Å². The molecule has 0 bridgehead atoms. The molecule has 0 amide bonds. The molecule has 7 heteroatoms. The van der Waals surface area contributed by atoms with Gasteiger partial charge in [0.2, 0.25) is 4.96 Å². The molecule has 4 rings (SSSR count). The quantitative estimate of drug-likeness (QED) is 0.558. The first kappa shape index (κ1) is 14.3. The molecular weight excluding hydrogens is 335 g/mol. The van der Waals surface area contributed by atoms with E-state index < -0.39 is 0 Å². The molecular formula is C16H10ClFN4S. The van der Waals surface area contributed by atoms with Crippen molar-refractivity contribution < 1.29 is 4.39 Å². The molecule has 4 nitrogen and oxygen atoms in total. The number of hydrogen-bond donors (Lipinski definition) is 0. The highest BCUT2D eigenvalue weighted by atomic mass is 35.5. The third-order valence-corrected chi connectivity index (χ3v) is 4.49. The van der Waals surface area contributed by atoms with Gasteiger partial charge in [-0.15, -0.1) is 10.2 Å². The minimum atomic E-state index is -0.311. The molecule has 0 aliphatic carbocycles. The highest BCUT2D eigenvalue weighted by molar-refractivity contribution is 7.16. The Morgan fingerprint density at radius 2 is 1.96 bits per heavy atom. The van der Waals surface area contributed by atoms with Gasteiger partial charge in [-0.25, -0.2) is 4.39 Å². The lowest BCUT2D eigenvalue weighted by molar-refractivity contribution is 0.628. The Morgan fingerprint density at radius 3 is 2.78 bits per heavy atom. The smallest absolute Gasteiger partial charge is 0.207 e. The third-order valence-electron chi connectivity index (χ3n) is 3.36. The monoisotopic (exact) mass is 344 g/mol. The maximum Gasteiger partial charge on any atom is 0.234 e. The molecule has 0 aliphatic heterocycles. The molecule has 4 aromatic rings. The molecule has 23 heavy (non-hydrogen) atoms. The topological polar surface area (TPSA) is 43.1 Å². The Hall–Kier alpha value is -2.31. The van der Waals surface area contributed by atoms with Crippen molar-refractivity contribution in [2.75, 3.05) is 0 Å². The molecule has 0 saturated heterocycles. The molecule has 2 heterocycles. The van der Waals surface area contributed by atoms with E-state index in [1.165, 1.54) is 23.5 Å². The largest absolute Gasteiger partial charge is 0.234 e. The van der Waals surface area contributed by atoms with E-state index in [-0.39, 0.29) is 5.82 Å². The van der Waals surface area contributed by atoms with Crippen molar-refractivity contribution in [1.82, 2.24) is 19.8 Å². The van der Waals surface area contributed by atoms with Crippen LogP contribution in [0.1, 0.15) is 10.6 Å². The summed E-state index contributed by atoms with van der Waals surface area (Å²) < 4.78 is 15.1. The molecule has 0 fully saturated rings. The van der Waals surface area contributed by atoms with E-state index in [1.807, 2.05) is 24.3 Å². The third kappa shape index (κ3) is 2.83. The average Bonchev–Trinajstić information content (AvgIpc) is 3.07. The zero-order valence-corrected chi connectivity index (χ0v) is 13.4. The van der Waals surface area contributed by atoms with Gasteiger partial charge < -0.3 is 0 Å². The number of hydrogen-bond acceptors (Lipinski definition) is 4. The van der Waals surface area contributed by atoms with Gasteiger partial charge in [-0.05, 0) is 29.8 Å². The summed E-state index contributed by atoms with van der Waals surface area (Å²) in [4.78, 5) is 0.682. The summed E-state index contributed by atoms with van der Waals surface area (Å²) in [6.45, 7) is 0. The standard InChI is InChI=1S/C16H10ClFN4S/c17-12-5-1-3-10(7-12)8-14-21-22-15(19-20-16(22)23-14)11-4-2-6-13(18)9-11/h1-7,9H,8H2. The van der Waals surface area contributed by atoms with Gasteiger partial charge in [0.25, 0.3) is 0 Å². The number of nitrogens with zero attached hydrogens (tertiary/aromatic N) is 4. The lowest BCUT2D eigenvalue weighted by Crippen LogP contribution is -1.94. The summed E-state index contributed by atoms with van der Waals surface area (Å²) in [5.74, 6) is 0.224. The van der Waals surface area contributed by atoms with E-state index in [4.69, 9.17) is 11.6 Å². The van der Waals surface area contributed by atoms with Crippen LogP contribution < -0.4 is 0 Å². The molecule has 0 N–H and O–H groups in total. The lowest BCUT2D eigenvalue weighted by Gasteiger charge is -1.98. The summed E-state index contributed by atoms with van der Waals surface area (Å²) in [7, 11) is 0. The fraction of sp³-hybridized carbons (Fsp3) is 0.0625. The van der Waals surface area contributed by atoms with Gasteiger partial charge in [0.05, 0.1) is 0 Å². The van der Waals surface area contributed by atoms with Crippen molar-refractivity contribution in [3.05, 3.63) is 69.9 Å². The zero-order chi connectivity index (χ0) is 15.8. The maximum absolute atomic E-state index is 13.4. The molecule has 2 aromatic carbocycles. The summed E-state index contributed by atoms with van der Waals surface area (Å²) in [5, 5.41) is 14.4. The second-order valence-electron chi connectivity index (χ2n) is 5.03. The second-order valence-corrected chi connectivity index (χ2v) is 6.51. The Kier molecular flexibility index (Phi) is 3.55. The van der Waals surface area contributed by atoms with Crippen LogP contribution in [0.25, 0.3) is 16.3 Å². The predicted molar refractivity (Wildman–Crippen MR) is 88.3 cm³/mol. The van der Waals surface area contributed by atoms with Crippen LogP contribution in [0.3, 0.4) is 0 Å². The van der Waals surface area contributed by atoms with Gasteiger partial charge >= 0.3 is 0 Å². The van der Waals surface area contributed by atoms with Gasteiger partial charge in [0.15, 0.2) is 5.82 Å². The van der Waals surface area contributed by atoms with E-state index >= 15 is 0 Å². The molecule has 0 spiro atoms. The maximum atomic E-state index is 13.4. The summed E-state index contributed by atoms with van der Waals surface area (Å²) in [6.07, 6.45) is 0.664. The van der Waals surface area contributed by atoms with E-state index in [0.29, 0.717) is 27.8 Å². The predicted octanol–water partition coefficient (Wildman–Crippen LogP) is 4.24. The van der Waals surface area contributed by atoms with Crippen molar-refractivity contribution in [2.24, 2.45) is 0 Å². The van der Waals surface area contributed by atoms with E-state index in [2.05, 4.69) is 15.3 Å². The van der Waals surface area contributed by atoms with Gasteiger partial charge in [-0.2, -0.15) is 9.61 Å². The van der Waals surface area contributed by atoms with Crippen LogP contribution in [-0.2, 0) is 6.42 Å². The Bertz CT molecular complexity index is 995. The zero-order valence-electron chi connectivity index (χ0n) is 11.8. The SMILES string of the molecule is Fc1cccc(-c2nnc3sc(Cc4cccc(Cl)c4)nn23)c1. The fourth-order valence-corrected chi connectivity index (χ4v) is 3.44. The second kappa shape index (κ2) is 5.72. The van der Waals surface area contributed by atoms with Crippen molar-refractivity contribution in [3.63, 3.8) is 0 Å². The molecule has 2 aromatic heterocycles. The summed E-state index contributed by atoms with van der Waals surface area (Å²) in [5.41, 5.74) is 1.73. The minimum Gasteiger partial charge on any atom is -0.207 e. The van der Waals surface area contributed by atoms with Gasteiger partial charge in [-0.3, -0.25) is 0 Å². The van der Waals surface area contributed by atoms with E-state index in [0.717, 1.165) is 10.6 Å². The highest BCUT2D eigenvalue weighted by Crippen LogP contribution is 2.24. The normalized spacial score (nSPS) is 11.2. The Morgan fingerprint density at radius 1 is 1.09 bits per heavy atom. The fourth-order valence-electron chi connectivity index (χ4n) is 2.36. The highest BCUT2D eigenvalue weighted by Gasteiger charge is 2.14. The van der Waals surface area contributed by atoms with Crippen molar-refractivity contribution in [3.8, 4) is 11.4 Å². The molecule has 0 atom stereocenters. The number of benzene rings is 2. The van der Waals surface area contributed by atoms with Crippen LogP contribution in [0.4, 0.5) is 4.39 Å². The van der Waals surface area contributed by atoms with Crippen LogP contribution in [0, 0.1) is 5.82 Å². The number of halogens is 2. The van der Waals surface area contributed by atoms with Crippen LogP contribution in [0.2, 0.25) is 5.02 Å². The Labute approximate surface area is 140 Å². The first-order valence-electron chi connectivity index (χ1n) is 6.90. The average molecular weight is 345 g/mol. The molecule has 0 radical (unpaired) electrons. The molecule has 0 aliphatic rings. The van der Waals surface area contributed by atoms with Crippen LogP contribution in [0.5, 0.6) is 0 Å². The van der Waals surface area contributed by atoms with E-state index in [1.54, 1.807) is 16.6 Å². The first-order chi connectivity index (χ1) is 11.2. The molecule has 114 valence electrons. The van der Waals surface area contributed by atoms with Crippen molar-refractivity contribution >= 4 is 27.9 Å². The van der Waals surface area contributed by atoms with Crippen molar-refractivity contribution in [1.29, 1.82) is 0 Å². The summed E-state index contributed by atoms with van der Waals surface area (Å²) >= 11 is 7.47. The first-order valence-corrected chi connectivity index (χ1v) is 8.10. The molecule has 0 saturated carbocycles. The van der Waals surface area contributed by atoms with Crippen LogP contribution in [0.15, 0.2) is 48.5 Å². The van der Waals surface area contributed by atoms with Crippen LogP contribution in [-0.4, -0.2) is 19.8 Å². The molecule has 0 unspecified atom stereocenters. The number of rotatable bonds is 3. The van der Waals surface area contributed by atoms with Gasteiger partial charge in [-0.1, -0.05) is 47.2 Å². The van der Waals surface area contributed by atoms with Crippen molar-refractivity contribution in [2.45, 2.75) is 6.42 Å². The Balaban J connectivity index is 1.72. The number of fused-ring (bicyclic) bond motifs is 1. The van der Waals surface area contributed by atoms with E-state index in [9.17, 15) is 4.39 Å². The number of aromatic nitrogens is 4. The van der Waals surface area contributed by atoms with Gasteiger partial charge in [0.1, 0.15) is 10.8 Å². The lowest BCUT2D eigenvalue weighted by atomic mass is 10.2.